The number of Topliss-reactive ketones (excluding diaryl/α,β-unsaturated/α-hetero) is 1. The summed E-state index contributed by atoms with van der Waals surface area (Å²) in [7, 11) is 3.49. The minimum atomic E-state index is -0.173. The Hall–Kier alpha value is -2.73. The van der Waals surface area contributed by atoms with Gasteiger partial charge in [-0.3, -0.25) is 9.59 Å². The summed E-state index contributed by atoms with van der Waals surface area (Å²) in [5.41, 5.74) is 4.44. The van der Waals surface area contributed by atoms with Crippen LogP contribution < -0.4 is 0 Å². The number of hydrogen-bond acceptors (Lipinski definition) is 4. The molecule has 0 N–H and O–H groups in total. The number of rotatable bonds is 6. The summed E-state index contributed by atoms with van der Waals surface area (Å²) in [4.78, 5) is 31.1. The average molecular weight is 382 g/mol. The SMILES string of the molecule is Cc1ccc(CC(=O)CN(C)C(=O)c2cc(-c3csc(C)n3)cn2C)cc1. The van der Waals surface area contributed by atoms with Crippen LogP contribution in [-0.4, -0.2) is 39.7 Å². The topological polar surface area (TPSA) is 55.2 Å². The van der Waals surface area contributed by atoms with Gasteiger partial charge < -0.3 is 9.47 Å². The van der Waals surface area contributed by atoms with Crippen molar-refractivity contribution in [2.75, 3.05) is 13.6 Å². The third kappa shape index (κ3) is 4.52. The van der Waals surface area contributed by atoms with Crippen molar-refractivity contribution >= 4 is 23.0 Å². The molecule has 0 aliphatic heterocycles. The number of carbonyl (C=O) groups excluding carboxylic acids is 2. The fourth-order valence-corrected chi connectivity index (χ4v) is 3.56. The van der Waals surface area contributed by atoms with Gasteiger partial charge in [0.15, 0.2) is 5.78 Å². The molecule has 0 saturated heterocycles. The van der Waals surface area contributed by atoms with E-state index >= 15 is 0 Å². The van der Waals surface area contributed by atoms with E-state index < -0.39 is 0 Å². The average Bonchev–Trinajstić information content (AvgIpc) is 3.22. The quantitative estimate of drug-likeness (QED) is 0.655. The zero-order valence-corrected chi connectivity index (χ0v) is 16.8. The molecule has 2 aromatic heterocycles. The van der Waals surface area contributed by atoms with Crippen molar-refractivity contribution in [3.8, 4) is 11.3 Å². The number of aryl methyl sites for hydroxylation is 3. The van der Waals surface area contributed by atoms with Crippen LogP contribution in [0.2, 0.25) is 0 Å². The monoisotopic (exact) mass is 381 g/mol. The zero-order valence-electron chi connectivity index (χ0n) is 16.0. The van der Waals surface area contributed by atoms with Crippen molar-refractivity contribution in [1.82, 2.24) is 14.5 Å². The molecule has 5 nitrogen and oxygen atoms in total. The Labute approximate surface area is 163 Å². The zero-order chi connectivity index (χ0) is 19.6. The van der Waals surface area contributed by atoms with Gasteiger partial charge in [-0.05, 0) is 25.5 Å². The molecule has 0 aliphatic carbocycles. The molecule has 0 aliphatic rings. The van der Waals surface area contributed by atoms with Gasteiger partial charge in [-0.15, -0.1) is 11.3 Å². The van der Waals surface area contributed by atoms with Gasteiger partial charge in [0.25, 0.3) is 5.91 Å². The number of benzene rings is 1. The van der Waals surface area contributed by atoms with Crippen LogP contribution >= 0.6 is 11.3 Å². The fourth-order valence-electron chi connectivity index (χ4n) is 2.93. The van der Waals surface area contributed by atoms with E-state index in [1.807, 2.05) is 62.8 Å². The van der Waals surface area contributed by atoms with Crippen LogP contribution in [0.5, 0.6) is 0 Å². The summed E-state index contributed by atoms with van der Waals surface area (Å²) < 4.78 is 1.79. The Morgan fingerprint density at radius 1 is 1.19 bits per heavy atom. The molecule has 0 atom stereocenters. The summed E-state index contributed by atoms with van der Waals surface area (Å²) in [5, 5.41) is 2.97. The summed E-state index contributed by atoms with van der Waals surface area (Å²) in [5.74, 6) is -0.160. The Morgan fingerprint density at radius 2 is 1.89 bits per heavy atom. The van der Waals surface area contributed by atoms with Crippen molar-refractivity contribution in [3.05, 3.63) is 63.7 Å². The maximum Gasteiger partial charge on any atom is 0.270 e. The normalized spacial score (nSPS) is 10.8. The van der Waals surface area contributed by atoms with Crippen molar-refractivity contribution in [1.29, 1.82) is 0 Å². The first-order chi connectivity index (χ1) is 12.8. The molecule has 6 heteroatoms. The first-order valence-electron chi connectivity index (χ1n) is 8.75. The molecule has 2 heterocycles. The van der Waals surface area contributed by atoms with Crippen molar-refractivity contribution in [3.63, 3.8) is 0 Å². The number of ketones is 1. The Kier molecular flexibility index (Phi) is 5.56. The maximum atomic E-state index is 12.8. The molecule has 1 aromatic carbocycles. The van der Waals surface area contributed by atoms with E-state index in [1.165, 1.54) is 4.90 Å². The van der Waals surface area contributed by atoms with E-state index in [0.29, 0.717) is 12.1 Å². The third-order valence-corrected chi connectivity index (χ3v) is 5.19. The lowest BCUT2D eigenvalue weighted by molar-refractivity contribution is -0.118. The second-order valence-corrected chi connectivity index (χ2v) is 7.90. The standard InChI is InChI=1S/C21H23N3O2S/c1-14-5-7-16(8-6-14)9-18(25)12-24(4)21(26)20-10-17(11-23(20)3)19-13-27-15(2)22-19/h5-8,10-11,13H,9,12H2,1-4H3. The molecule has 0 spiro atoms. The van der Waals surface area contributed by atoms with Gasteiger partial charge in [0.05, 0.1) is 17.2 Å². The Bertz CT molecular complexity index is 970. The highest BCUT2D eigenvalue weighted by Crippen LogP contribution is 2.24. The molecule has 1 amide bonds. The van der Waals surface area contributed by atoms with Gasteiger partial charge in [-0.25, -0.2) is 4.98 Å². The van der Waals surface area contributed by atoms with Gasteiger partial charge in [-0.1, -0.05) is 29.8 Å². The van der Waals surface area contributed by atoms with Crippen LogP contribution in [0.4, 0.5) is 0 Å². The highest BCUT2D eigenvalue weighted by atomic mass is 32.1. The molecule has 3 rings (SSSR count). The molecule has 0 unspecified atom stereocenters. The fraction of sp³-hybridized carbons (Fsp3) is 0.286. The number of aromatic nitrogens is 2. The highest BCUT2D eigenvalue weighted by Gasteiger charge is 2.19. The molecule has 0 saturated carbocycles. The third-order valence-electron chi connectivity index (χ3n) is 4.42. The predicted molar refractivity (Wildman–Crippen MR) is 108 cm³/mol. The number of hydrogen-bond donors (Lipinski definition) is 0. The summed E-state index contributed by atoms with van der Waals surface area (Å²) in [6.45, 7) is 4.05. The van der Waals surface area contributed by atoms with Crippen LogP contribution in [0.3, 0.4) is 0 Å². The predicted octanol–water partition coefficient (Wildman–Crippen LogP) is 3.65. The maximum absolute atomic E-state index is 12.8. The number of thiazole rings is 1. The number of amides is 1. The second kappa shape index (κ2) is 7.88. The van der Waals surface area contributed by atoms with E-state index in [1.54, 1.807) is 23.0 Å². The summed E-state index contributed by atoms with van der Waals surface area (Å²) in [6, 6.07) is 9.72. The number of carbonyl (C=O) groups is 2. The Morgan fingerprint density at radius 3 is 2.52 bits per heavy atom. The molecule has 0 radical (unpaired) electrons. The van der Waals surface area contributed by atoms with E-state index in [2.05, 4.69) is 4.98 Å². The summed E-state index contributed by atoms with van der Waals surface area (Å²) >= 11 is 1.58. The van der Waals surface area contributed by atoms with Gasteiger partial charge in [0.1, 0.15) is 5.69 Å². The molecule has 3 aromatic rings. The molecular formula is C21H23N3O2S. The lowest BCUT2D eigenvalue weighted by Gasteiger charge is -2.16. The lowest BCUT2D eigenvalue weighted by atomic mass is 10.1. The molecule has 140 valence electrons. The lowest BCUT2D eigenvalue weighted by Crippen LogP contribution is -2.33. The van der Waals surface area contributed by atoms with Crippen molar-refractivity contribution in [2.24, 2.45) is 7.05 Å². The minimum absolute atomic E-state index is 0.0132. The largest absolute Gasteiger partial charge is 0.346 e. The van der Waals surface area contributed by atoms with Gasteiger partial charge in [-0.2, -0.15) is 0 Å². The van der Waals surface area contributed by atoms with Crippen LogP contribution in [0.25, 0.3) is 11.3 Å². The van der Waals surface area contributed by atoms with Crippen LogP contribution in [0, 0.1) is 13.8 Å². The smallest absolute Gasteiger partial charge is 0.270 e. The van der Waals surface area contributed by atoms with E-state index in [4.69, 9.17) is 0 Å². The van der Waals surface area contributed by atoms with Crippen LogP contribution in [-0.2, 0) is 18.3 Å². The highest BCUT2D eigenvalue weighted by molar-refractivity contribution is 7.09. The molecule has 27 heavy (non-hydrogen) atoms. The minimum Gasteiger partial charge on any atom is -0.346 e. The number of likely N-dealkylation sites (N-methyl/N-ethyl adjacent to an activating group) is 1. The second-order valence-electron chi connectivity index (χ2n) is 6.84. The van der Waals surface area contributed by atoms with Crippen molar-refractivity contribution in [2.45, 2.75) is 20.3 Å². The van der Waals surface area contributed by atoms with E-state index in [9.17, 15) is 9.59 Å². The molecular weight excluding hydrogens is 358 g/mol. The summed E-state index contributed by atoms with van der Waals surface area (Å²) in [6.07, 6.45) is 2.22. The first kappa shape index (κ1) is 19.0. The van der Waals surface area contributed by atoms with Crippen LogP contribution in [0.15, 0.2) is 41.9 Å². The van der Waals surface area contributed by atoms with Gasteiger partial charge in [0, 0.05) is 37.7 Å². The van der Waals surface area contributed by atoms with Crippen molar-refractivity contribution < 1.29 is 9.59 Å². The van der Waals surface area contributed by atoms with Gasteiger partial charge >= 0.3 is 0 Å². The van der Waals surface area contributed by atoms with E-state index in [0.717, 1.165) is 27.4 Å². The number of nitrogens with zero attached hydrogens (tertiary/aromatic N) is 3. The molecule has 0 fully saturated rings. The van der Waals surface area contributed by atoms with Gasteiger partial charge in [0.2, 0.25) is 0 Å². The first-order valence-corrected chi connectivity index (χ1v) is 9.63. The Balaban J connectivity index is 1.67. The molecule has 0 bridgehead atoms. The van der Waals surface area contributed by atoms with E-state index in [-0.39, 0.29) is 18.2 Å². The van der Waals surface area contributed by atoms with Crippen LogP contribution in [0.1, 0.15) is 26.6 Å².